The number of halogens is 3. The standard InChI is InChI=1S/C24H32F3N3O3/c1-6-30(4)16-28-20-14-22(32-5)19(13-17(20)3)23(31,24(25,26)27)15-21(29-33-7-2)18-11-9-8-10-12-18/h9,11-14,16,31H,6-8,10,15H2,1-5H3/b28-16?,29-21-. The average Bonchev–Trinajstić information content (AvgIpc) is 2.80. The molecule has 0 spiro atoms. The predicted octanol–water partition coefficient (Wildman–Crippen LogP) is 5.42. The van der Waals surface area contributed by atoms with E-state index >= 15 is 0 Å². The smallest absolute Gasteiger partial charge is 0.421 e. The molecular weight excluding hydrogens is 435 g/mol. The predicted molar refractivity (Wildman–Crippen MR) is 124 cm³/mol. The van der Waals surface area contributed by atoms with E-state index in [1.54, 1.807) is 32.3 Å². The van der Waals surface area contributed by atoms with Crippen molar-refractivity contribution in [3.8, 4) is 5.75 Å². The zero-order chi connectivity index (χ0) is 24.6. The molecule has 0 aromatic heterocycles. The Morgan fingerprint density at radius 1 is 1.24 bits per heavy atom. The first-order chi connectivity index (χ1) is 15.6. The number of aryl methyl sites for hydroxylation is 1. The van der Waals surface area contributed by atoms with Gasteiger partial charge in [-0.3, -0.25) is 0 Å². The van der Waals surface area contributed by atoms with Gasteiger partial charge in [-0.1, -0.05) is 23.4 Å². The van der Waals surface area contributed by atoms with E-state index in [0.29, 0.717) is 23.2 Å². The summed E-state index contributed by atoms with van der Waals surface area (Å²) >= 11 is 0. The van der Waals surface area contributed by atoms with Gasteiger partial charge >= 0.3 is 6.18 Å². The highest BCUT2D eigenvalue weighted by molar-refractivity contribution is 6.03. The van der Waals surface area contributed by atoms with Gasteiger partial charge < -0.3 is 19.6 Å². The molecule has 0 saturated heterocycles. The number of aliphatic imine (C=N–C) groups is 1. The van der Waals surface area contributed by atoms with Crippen LogP contribution in [0.5, 0.6) is 5.75 Å². The Kier molecular flexibility index (Phi) is 9.10. The summed E-state index contributed by atoms with van der Waals surface area (Å²) in [6, 6.07) is 2.68. The lowest BCUT2D eigenvalue weighted by molar-refractivity contribution is -0.264. The number of hydrogen-bond acceptors (Lipinski definition) is 5. The first-order valence-corrected chi connectivity index (χ1v) is 10.9. The van der Waals surface area contributed by atoms with Gasteiger partial charge in [0.05, 0.1) is 24.8 Å². The zero-order valence-corrected chi connectivity index (χ0v) is 19.7. The summed E-state index contributed by atoms with van der Waals surface area (Å²) in [5, 5.41) is 15.1. The molecule has 0 fully saturated rings. The van der Waals surface area contributed by atoms with Gasteiger partial charge in [0.25, 0.3) is 0 Å². The number of rotatable bonds is 10. The second kappa shape index (κ2) is 11.4. The van der Waals surface area contributed by atoms with Crippen LogP contribution in [0, 0.1) is 6.92 Å². The third-order valence-corrected chi connectivity index (χ3v) is 5.38. The summed E-state index contributed by atoms with van der Waals surface area (Å²) < 4.78 is 48.5. The number of nitrogens with zero attached hydrogens (tertiary/aromatic N) is 3. The molecule has 1 atom stereocenters. The maximum atomic E-state index is 14.4. The van der Waals surface area contributed by atoms with Crippen molar-refractivity contribution in [1.82, 2.24) is 4.90 Å². The Labute approximate surface area is 193 Å². The molecule has 1 N–H and O–H groups in total. The minimum absolute atomic E-state index is 0.0130. The van der Waals surface area contributed by atoms with Gasteiger partial charge in [-0.15, -0.1) is 0 Å². The van der Waals surface area contributed by atoms with Crippen molar-refractivity contribution in [3.05, 3.63) is 47.1 Å². The largest absolute Gasteiger partial charge is 0.496 e. The molecule has 33 heavy (non-hydrogen) atoms. The van der Waals surface area contributed by atoms with Crippen LogP contribution in [0.25, 0.3) is 0 Å². The van der Waals surface area contributed by atoms with Crippen molar-refractivity contribution >= 4 is 17.7 Å². The second-order valence-corrected chi connectivity index (χ2v) is 7.79. The first-order valence-electron chi connectivity index (χ1n) is 10.9. The molecule has 182 valence electrons. The van der Waals surface area contributed by atoms with Crippen molar-refractivity contribution in [3.63, 3.8) is 0 Å². The fourth-order valence-corrected chi connectivity index (χ4v) is 3.30. The highest BCUT2D eigenvalue weighted by Crippen LogP contribution is 2.47. The van der Waals surface area contributed by atoms with Crippen LogP contribution in [0.4, 0.5) is 18.9 Å². The second-order valence-electron chi connectivity index (χ2n) is 7.79. The van der Waals surface area contributed by atoms with E-state index in [4.69, 9.17) is 9.57 Å². The lowest BCUT2D eigenvalue weighted by Crippen LogP contribution is -2.44. The molecule has 1 aromatic rings. The van der Waals surface area contributed by atoms with E-state index in [1.165, 1.54) is 19.2 Å². The highest BCUT2D eigenvalue weighted by atomic mass is 19.4. The Hall–Kier alpha value is -2.81. The van der Waals surface area contributed by atoms with Crippen LogP contribution in [-0.4, -0.2) is 55.5 Å². The molecule has 1 aromatic carbocycles. The molecule has 0 heterocycles. The molecule has 1 unspecified atom stereocenters. The van der Waals surface area contributed by atoms with Crippen LogP contribution in [0.3, 0.4) is 0 Å². The molecule has 0 bridgehead atoms. The van der Waals surface area contributed by atoms with Crippen LogP contribution in [0.15, 0.2) is 46.1 Å². The normalized spacial score (nSPS) is 16.5. The van der Waals surface area contributed by atoms with E-state index in [-0.39, 0.29) is 18.1 Å². The molecule has 1 aliphatic carbocycles. The van der Waals surface area contributed by atoms with Gasteiger partial charge in [0.15, 0.2) is 5.60 Å². The number of oxime groups is 1. The quantitative estimate of drug-likeness (QED) is 0.283. The summed E-state index contributed by atoms with van der Waals surface area (Å²) in [6.45, 7) is 6.18. The minimum Gasteiger partial charge on any atom is -0.496 e. The fraction of sp³-hybridized carbons (Fsp3) is 0.500. The molecule has 0 saturated carbocycles. The Bertz CT molecular complexity index is 939. The monoisotopic (exact) mass is 467 g/mol. The van der Waals surface area contributed by atoms with Gasteiger partial charge in [-0.05, 0) is 50.8 Å². The third kappa shape index (κ3) is 6.37. The van der Waals surface area contributed by atoms with Crippen LogP contribution in [0.1, 0.15) is 44.2 Å². The summed E-state index contributed by atoms with van der Waals surface area (Å²) in [6.07, 6.45) is 2.55. The van der Waals surface area contributed by atoms with E-state index in [0.717, 1.165) is 13.0 Å². The van der Waals surface area contributed by atoms with Crippen molar-refractivity contribution in [2.24, 2.45) is 10.1 Å². The molecular formula is C24H32F3N3O3. The highest BCUT2D eigenvalue weighted by Gasteiger charge is 2.57. The van der Waals surface area contributed by atoms with E-state index in [2.05, 4.69) is 10.1 Å². The molecule has 6 nitrogen and oxygen atoms in total. The van der Waals surface area contributed by atoms with Gasteiger partial charge in [0.1, 0.15) is 12.4 Å². The lowest BCUT2D eigenvalue weighted by Gasteiger charge is -2.33. The number of alkyl halides is 3. The van der Waals surface area contributed by atoms with E-state index < -0.39 is 23.8 Å². The summed E-state index contributed by atoms with van der Waals surface area (Å²) in [7, 11) is 3.10. The Balaban J connectivity index is 2.60. The topological polar surface area (TPSA) is 66.7 Å². The molecule has 2 rings (SSSR count). The maximum absolute atomic E-state index is 14.4. The number of ether oxygens (including phenoxy) is 1. The molecule has 1 aliphatic rings. The molecule has 0 amide bonds. The van der Waals surface area contributed by atoms with Crippen molar-refractivity contribution in [2.75, 3.05) is 27.3 Å². The SMILES string of the molecule is CCO/N=C(/CC(O)(c1cc(C)c(N=CN(C)CC)cc1OC)C(F)(F)F)C1=CCCC=C1. The van der Waals surface area contributed by atoms with E-state index in [9.17, 15) is 18.3 Å². The van der Waals surface area contributed by atoms with Crippen molar-refractivity contribution in [2.45, 2.75) is 51.8 Å². The Morgan fingerprint density at radius 3 is 2.52 bits per heavy atom. The van der Waals surface area contributed by atoms with Crippen LogP contribution >= 0.6 is 0 Å². The average molecular weight is 468 g/mol. The molecule has 9 heteroatoms. The molecule has 0 aliphatic heterocycles. The lowest BCUT2D eigenvalue weighted by atomic mass is 9.83. The van der Waals surface area contributed by atoms with Gasteiger partial charge in [-0.25, -0.2) is 4.99 Å². The van der Waals surface area contributed by atoms with Crippen LogP contribution in [-0.2, 0) is 10.4 Å². The fourth-order valence-electron chi connectivity index (χ4n) is 3.30. The van der Waals surface area contributed by atoms with Gasteiger partial charge in [-0.2, -0.15) is 13.2 Å². The zero-order valence-electron chi connectivity index (χ0n) is 19.7. The van der Waals surface area contributed by atoms with Crippen LogP contribution in [0.2, 0.25) is 0 Å². The summed E-state index contributed by atoms with van der Waals surface area (Å²) in [4.78, 5) is 11.3. The summed E-state index contributed by atoms with van der Waals surface area (Å²) in [5.74, 6) is -0.115. The maximum Gasteiger partial charge on any atom is 0.421 e. The number of allylic oxidation sites excluding steroid dienone is 4. The number of aliphatic hydroxyl groups is 1. The van der Waals surface area contributed by atoms with Crippen molar-refractivity contribution in [1.29, 1.82) is 0 Å². The number of benzene rings is 1. The molecule has 0 radical (unpaired) electrons. The summed E-state index contributed by atoms with van der Waals surface area (Å²) in [5.41, 5.74) is -2.23. The van der Waals surface area contributed by atoms with Crippen molar-refractivity contribution < 1.29 is 27.9 Å². The van der Waals surface area contributed by atoms with Gasteiger partial charge in [0.2, 0.25) is 0 Å². The number of methoxy groups -OCH3 is 1. The minimum atomic E-state index is -5.01. The third-order valence-electron chi connectivity index (χ3n) is 5.38. The van der Waals surface area contributed by atoms with Gasteiger partial charge in [0, 0.05) is 31.6 Å². The van der Waals surface area contributed by atoms with E-state index in [1.807, 2.05) is 24.9 Å². The number of hydrogen-bond donors (Lipinski definition) is 1. The first kappa shape index (κ1) is 26.4. The van der Waals surface area contributed by atoms with Crippen LogP contribution < -0.4 is 4.74 Å². The Morgan fingerprint density at radius 2 is 1.97 bits per heavy atom.